The highest BCUT2D eigenvalue weighted by Gasteiger charge is 2.33. The number of H-pyrrole nitrogens is 1. The van der Waals surface area contributed by atoms with Crippen LogP contribution in [0.25, 0.3) is 0 Å². The normalized spacial score (nSPS) is 20.8. The summed E-state index contributed by atoms with van der Waals surface area (Å²) >= 11 is 0. The molecular formula is C14H25ClN4O2S. The standard InChI is InChI=1S/C14H24N4O2S.ClH/c1-10-14(11(2)17-16-10)21(19,20)18-7-5-13(6-8-18)15-9-12-3-4-12;/h12-13,15H,3-9H2,1-2H3,(H,16,17);1H. The maximum absolute atomic E-state index is 12.7. The lowest BCUT2D eigenvalue weighted by molar-refractivity contribution is 0.288. The zero-order chi connectivity index (χ0) is 15.0. The Morgan fingerprint density at radius 3 is 2.36 bits per heavy atom. The van der Waals surface area contributed by atoms with Crippen LogP contribution >= 0.6 is 12.4 Å². The van der Waals surface area contributed by atoms with Gasteiger partial charge in [0, 0.05) is 19.1 Å². The zero-order valence-electron chi connectivity index (χ0n) is 13.1. The number of hydrogen-bond acceptors (Lipinski definition) is 4. The average Bonchev–Trinajstić information content (AvgIpc) is 3.22. The number of nitrogens with one attached hydrogen (secondary N) is 2. The first kappa shape index (κ1) is 17.7. The van der Waals surface area contributed by atoms with Gasteiger partial charge in [-0.25, -0.2) is 8.42 Å². The van der Waals surface area contributed by atoms with Gasteiger partial charge in [-0.1, -0.05) is 0 Å². The van der Waals surface area contributed by atoms with Gasteiger partial charge in [-0.15, -0.1) is 12.4 Å². The van der Waals surface area contributed by atoms with Crippen LogP contribution in [-0.2, 0) is 10.0 Å². The van der Waals surface area contributed by atoms with Crippen molar-refractivity contribution in [3.8, 4) is 0 Å². The molecule has 1 saturated carbocycles. The minimum absolute atomic E-state index is 0. The fourth-order valence-corrected chi connectivity index (χ4v) is 4.81. The molecule has 0 aromatic carbocycles. The summed E-state index contributed by atoms with van der Waals surface area (Å²) < 4.78 is 27.0. The molecule has 0 atom stereocenters. The topological polar surface area (TPSA) is 78.1 Å². The van der Waals surface area contributed by atoms with Gasteiger partial charge in [-0.2, -0.15) is 9.40 Å². The molecular weight excluding hydrogens is 324 g/mol. The monoisotopic (exact) mass is 348 g/mol. The summed E-state index contributed by atoms with van der Waals surface area (Å²) in [6.07, 6.45) is 4.47. The fraction of sp³-hybridized carbons (Fsp3) is 0.786. The highest BCUT2D eigenvalue weighted by molar-refractivity contribution is 7.89. The SMILES string of the molecule is Cc1n[nH]c(C)c1S(=O)(=O)N1CCC(NCC2CC2)CC1.Cl. The molecule has 0 radical (unpaired) electrons. The van der Waals surface area contributed by atoms with Crippen molar-refractivity contribution in [2.45, 2.75) is 50.5 Å². The molecule has 0 amide bonds. The number of aromatic nitrogens is 2. The molecule has 2 fully saturated rings. The molecule has 0 bridgehead atoms. The lowest BCUT2D eigenvalue weighted by atomic mass is 10.1. The largest absolute Gasteiger partial charge is 0.314 e. The molecule has 1 aliphatic carbocycles. The number of rotatable bonds is 5. The molecule has 0 spiro atoms. The smallest absolute Gasteiger partial charge is 0.246 e. The molecule has 22 heavy (non-hydrogen) atoms. The second kappa shape index (κ2) is 6.86. The van der Waals surface area contributed by atoms with Crippen molar-refractivity contribution in [3.63, 3.8) is 0 Å². The number of piperidine rings is 1. The van der Waals surface area contributed by atoms with E-state index in [2.05, 4.69) is 15.5 Å². The first-order chi connectivity index (χ1) is 9.98. The van der Waals surface area contributed by atoms with Crippen molar-refractivity contribution in [2.75, 3.05) is 19.6 Å². The van der Waals surface area contributed by atoms with E-state index in [4.69, 9.17) is 0 Å². The number of sulfonamides is 1. The Kier molecular flexibility index (Phi) is 5.53. The van der Waals surface area contributed by atoms with Gasteiger partial charge in [0.1, 0.15) is 4.90 Å². The van der Waals surface area contributed by atoms with Crippen molar-refractivity contribution in [1.29, 1.82) is 0 Å². The van der Waals surface area contributed by atoms with E-state index in [0.717, 1.165) is 25.3 Å². The Morgan fingerprint density at radius 1 is 1.23 bits per heavy atom. The van der Waals surface area contributed by atoms with Crippen molar-refractivity contribution < 1.29 is 8.42 Å². The van der Waals surface area contributed by atoms with Crippen LogP contribution < -0.4 is 5.32 Å². The number of aryl methyl sites for hydroxylation is 2. The van der Waals surface area contributed by atoms with E-state index in [-0.39, 0.29) is 12.4 Å². The third-order valence-corrected chi connectivity index (χ3v) is 6.67. The maximum atomic E-state index is 12.7. The van der Waals surface area contributed by atoms with E-state index < -0.39 is 10.0 Å². The van der Waals surface area contributed by atoms with Gasteiger partial charge in [0.15, 0.2) is 0 Å². The van der Waals surface area contributed by atoms with E-state index in [9.17, 15) is 8.42 Å². The number of halogens is 1. The van der Waals surface area contributed by atoms with Crippen molar-refractivity contribution in [1.82, 2.24) is 19.8 Å². The molecule has 2 N–H and O–H groups in total. The van der Waals surface area contributed by atoms with E-state index in [1.165, 1.54) is 12.8 Å². The molecule has 2 heterocycles. The van der Waals surface area contributed by atoms with Gasteiger partial charge in [-0.05, 0) is 52.0 Å². The Morgan fingerprint density at radius 2 is 1.86 bits per heavy atom. The third-order valence-electron chi connectivity index (χ3n) is 4.50. The summed E-state index contributed by atoms with van der Waals surface area (Å²) in [5.74, 6) is 0.864. The molecule has 6 nitrogen and oxygen atoms in total. The van der Waals surface area contributed by atoms with Crippen LogP contribution in [0, 0.1) is 19.8 Å². The number of aromatic amines is 1. The average molecular weight is 349 g/mol. The molecule has 126 valence electrons. The van der Waals surface area contributed by atoms with Crippen LogP contribution in [0.1, 0.15) is 37.1 Å². The molecule has 1 aromatic heterocycles. The minimum Gasteiger partial charge on any atom is -0.314 e. The van der Waals surface area contributed by atoms with Gasteiger partial charge in [0.05, 0.1) is 11.4 Å². The molecule has 3 rings (SSSR count). The van der Waals surface area contributed by atoms with Crippen molar-refractivity contribution in [2.24, 2.45) is 5.92 Å². The Labute approximate surface area is 138 Å². The van der Waals surface area contributed by atoms with Gasteiger partial charge < -0.3 is 5.32 Å². The molecule has 8 heteroatoms. The van der Waals surface area contributed by atoms with Crippen LogP contribution in [0.15, 0.2) is 4.90 Å². The summed E-state index contributed by atoms with van der Waals surface area (Å²) in [5.41, 5.74) is 1.18. The van der Waals surface area contributed by atoms with Crippen LogP contribution in [0.5, 0.6) is 0 Å². The summed E-state index contributed by atoms with van der Waals surface area (Å²) in [7, 11) is -3.41. The highest BCUT2D eigenvalue weighted by Crippen LogP contribution is 2.29. The summed E-state index contributed by atoms with van der Waals surface area (Å²) in [6, 6.07) is 0.462. The lowest BCUT2D eigenvalue weighted by Gasteiger charge is -2.31. The maximum Gasteiger partial charge on any atom is 0.246 e. The van der Waals surface area contributed by atoms with E-state index >= 15 is 0 Å². The molecule has 1 saturated heterocycles. The predicted molar refractivity (Wildman–Crippen MR) is 87.8 cm³/mol. The third kappa shape index (κ3) is 3.64. The lowest BCUT2D eigenvalue weighted by Crippen LogP contribution is -2.45. The molecule has 2 aliphatic rings. The Balaban J connectivity index is 0.00000176. The van der Waals surface area contributed by atoms with Crippen LogP contribution in [0.2, 0.25) is 0 Å². The first-order valence-corrected chi connectivity index (χ1v) is 9.17. The second-order valence-electron chi connectivity index (χ2n) is 6.29. The Bertz CT molecular complexity index is 585. The van der Waals surface area contributed by atoms with Crippen LogP contribution in [-0.4, -0.2) is 48.6 Å². The minimum atomic E-state index is -3.41. The van der Waals surface area contributed by atoms with E-state index in [1.54, 1.807) is 18.2 Å². The molecule has 0 unspecified atom stereocenters. The van der Waals surface area contributed by atoms with Gasteiger partial charge in [0.25, 0.3) is 0 Å². The van der Waals surface area contributed by atoms with Gasteiger partial charge in [0.2, 0.25) is 10.0 Å². The van der Waals surface area contributed by atoms with Crippen molar-refractivity contribution in [3.05, 3.63) is 11.4 Å². The van der Waals surface area contributed by atoms with Gasteiger partial charge >= 0.3 is 0 Å². The molecule has 1 aliphatic heterocycles. The summed E-state index contributed by atoms with van der Waals surface area (Å²) in [6.45, 7) is 5.78. The number of nitrogens with zero attached hydrogens (tertiary/aromatic N) is 2. The summed E-state index contributed by atoms with van der Waals surface area (Å²) in [5, 5.41) is 10.3. The first-order valence-electron chi connectivity index (χ1n) is 7.73. The van der Waals surface area contributed by atoms with E-state index in [0.29, 0.717) is 35.4 Å². The van der Waals surface area contributed by atoms with Crippen LogP contribution in [0.4, 0.5) is 0 Å². The van der Waals surface area contributed by atoms with E-state index in [1.807, 2.05) is 0 Å². The van der Waals surface area contributed by atoms with Gasteiger partial charge in [-0.3, -0.25) is 5.10 Å². The quantitative estimate of drug-likeness (QED) is 0.847. The summed E-state index contributed by atoms with van der Waals surface area (Å²) in [4.78, 5) is 0.354. The predicted octanol–water partition coefficient (Wildman–Crippen LogP) is 1.60. The van der Waals surface area contributed by atoms with Crippen molar-refractivity contribution >= 4 is 22.4 Å². The number of hydrogen-bond donors (Lipinski definition) is 2. The second-order valence-corrected chi connectivity index (χ2v) is 8.17. The highest BCUT2D eigenvalue weighted by atomic mass is 35.5. The Hall–Kier alpha value is -0.630. The fourth-order valence-electron chi connectivity index (χ4n) is 3.01. The van der Waals surface area contributed by atoms with Crippen LogP contribution in [0.3, 0.4) is 0 Å². The molecule has 1 aromatic rings. The zero-order valence-corrected chi connectivity index (χ0v) is 14.8.